The number of hydrogen-bond acceptors (Lipinski definition) is 5. The van der Waals surface area contributed by atoms with Crippen LogP contribution in [0.3, 0.4) is 0 Å². The summed E-state index contributed by atoms with van der Waals surface area (Å²) in [6.07, 6.45) is 4.78. The topological polar surface area (TPSA) is 92.1 Å². The maximum absolute atomic E-state index is 12.5. The van der Waals surface area contributed by atoms with Crippen molar-refractivity contribution < 1.29 is 14.3 Å². The fourth-order valence-electron chi connectivity index (χ4n) is 2.98. The van der Waals surface area contributed by atoms with E-state index in [1.165, 1.54) is 13.2 Å². The second-order valence-corrected chi connectivity index (χ2v) is 6.75. The van der Waals surface area contributed by atoms with Crippen LogP contribution in [-0.2, 0) is 14.3 Å². The maximum Gasteiger partial charge on any atom is 0.307 e. The van der Waals surface area contributed by atoms with Gasteiger partial charge in [-0.15, -0.1) is 0 Å². The Morgan fingerprint density at radius 3 is 2.45 bits per heavy atom. The van der Waals surface area contributed by atoms with Crippen LogP contribution in [0.5, 0.6) is 0 Å². The van der Waals surface area contributed by atoms with Crippen molar-refractivity contribution in [2.45, 2.75) is 12.5 Å². The summed E-state index contributed by atoms with van der Waals surface area (Å²) in [5.41, 5.74) is 3.90. The van der Waals surface area contributed by atoms with Crippen LogP contribution < -0.4 is 5.32 Å². The number of benzene rings is 2. The number of nitrogens with zero attached hydrogens (tertiary/aromatic N) is 2. The third-order valence-corrected chi connectivity index (χ3v) is 4.66. The quantitative estimate of drug-likeness (QED) is 0.468. The van der Waals surface area contributed by atoms with Gasteiger partial charge in [0, 0.05) is 17.8 Å². The molecule has 0 saturated heterocycles. The van der Waals surface area contributed by atoms with Crippen LogP contribution in [0.1, 0.15) is 29.2 Å². The van der Waals surface area contributed by atoms with Crippen LogP contribution in [-0.4, -0.2) is 24.0 Å². The van der Waals surface area contributed by atoms with Crippen LogP contribution in [0, 0.1) is 11.3 Å². The Labute approximate surface area is 180 Å². The highest BCUT2D eigenvalue weighted by molar-refractivity contribution is 5.92. The molecule has 6 heteroatoms. The lowest BCUT2D eigenvalue weighted by Crippen LogP contribution is -2.29. The number of carbonyl (C=O) groups is 2. The van der Waals surface area contributed by atoms with Crippen molar-refractivity contribution in [3.05, 3.63) is 95.7 Å². The first kappa shape index (κ1) is 21.5. The van der Waals surface area contributed by atoms with E-state index < -0.39 is 12.0 Å². The van der Waals surface area contributed by atoms with Gasteiger partial charge in [-0.1, -0.05) is 42.5 Å². The fourth-order valence-corrected chi connectivity index (χ4v) is 2.98. The number of nitrogens with one attached hydrogen (secondary N) is 1. The third kappa shape index (κ3) is 6.12. The number of aromatic nitrogens is 1. The molecule has 1 aromatic heterocycles. The minimum Gasteiger partial charge on any atom is -0.469 e. The molecule has 0 fully saturated rings. The summed E-state index contributed by atoms with van der Waals surface area (Å²) in [7, 11) is 1.32. The number of esters is 1. The minimum absolute atomic E-state index is 0.00980. The standard InChI is InChI=1S/C25H21N3O3/c1-31-25(30)16-23(21-12-10-20(11-13-21)22-4-2-3-15-27-22)28-24(29)14-9-18-5-7-19(17-26)8-6-18/h2-15,23H,16H2,1H3,(H,28,29)/b14-9+. The van der Waals surface area contributed by atoms with E-state index in [0.717, 1.165) is 22.4 Å². The van der Waals surface area contributed by atoms with E-state index in [9.17, 15) is 9.59 Å². The molecule has 0 aliphatic heterocycles. The molecule has 0 spiro atoms. The predicted molar refractivity (Wildman–Crippen MR) is 117 cm³/mol. The Hall–Kier alpha value is -4.24. The molecule has 154 valence electrons. The predicted octanol–water partition coefficient (Wildman–Crippen LogP) is 4.05. The normalized spacial score (nSPS) is 11.5. The van der Waals surface area contributed by atoms with E-state index in [4.69, 9.17) is 10.00 Å². The molecule has 6 nitrogen and oxygen atoms in total. The molecule has 1 amide bonds. The number of pyridine rings is 1. The summed E-state index contributed by atoms with van der Waals surface area (Å²) < 4.78 is 4.78. The molecule has 2 aromatic carbocycles. The van der Waals surface area contributed by atoms with Crippen LogP contribution in [0.2, 0.25) is 0 Å². The Bertz CT molecular complexity index is 1100. The van der Waals surface area contributed by atoms with Gasteiger partial charge in [-0.25, -0.2) is 0 Å². The number of carbonyl (C=O) groups excluding carboxylic acids is 2. The van der Waals surface area contributed by atoms with Gasteiger partial charge < -0.3 is 10.1 Å². The molecule has 1 N–H and O–H groups in total. The Kier molecular flexibility index (Phi) is 7.28. The second kappa shape index (κ2) is 10.5. The van der Waals surface area contributed by atoms with E-state index in [2.05, 4.69) is 16.4 Å². The van der Waals surface area contributed by atoms with Crippen molar-refractivity contribution in [3.63, 3.8) is 0 Å². The van der Waals surface area contributed by atoms with Crippen molar-refractivity contribution in [3.8, 4) is 17.3 Å². The van der Waals surface area contributed by atoms with Gasteiger partial charge in [-0.2, -0.15) is 5.26 Å². The second-order valence-electron chi connectivity index (χ2n) is 6.75. The van der Waals surface area contributed by atoms with Gasteiger partial charge in [-0.3, -0.25) is 14.6 Å². The summed E-state index contributed by atoms with van der Waals surface area (Å²) in [5, 5.41) is 11.7. The zero-order valence-electron chi connectivity index (χ0n) is 17.0. The molecule has 0 saturated carbocycles. The van der Waals surface area contributed by atoms with Gasteiger partial charge in [0.1, 0.15) is 0 Å². The molecule has 1 unspecified atom stereocenters. The molecule has 3 aromatic rings. The zero-order valence-corrected chi connectivity index (χ0v) is 17.0. The first-order valence-corrected chi connectivity index (χ1v) is 9.66. The Morgan fingerprint density at radius 2 is 1.84 bits per heavy atom. The minimum atomic E-state index is -0.539. The summed E-state index contributed by atoms with van der Waals surface area (Å²) in [4.78, 5) is 28.7. The van der Waals surface area contributed by atoms with Crippen molar-refractivity contribution in [1.82, 2.24) is 10.3 Å². The molecule has 3 rings (SSSR count). The van der Waals surface area contributed by atoms with Crippen molar-refractivity contribution in [2.24, 2.45) is 0 Å². The average Bonchev–Trinajstić information content (AvgIpc) is 2.83. The highest BCUT2D eigenvalue weighted by atomic mass is 16.5. The molecule has 0 bridgehead atoms. The molecule has 0 radical (unpaired) electrons. The number of amides is 1. The van der Waals surface area contributed by atoms with Crippen LogP contribution in [0.15, 0.2) is 79.0 Å². The van der Waals surface area contributed by atoms with E-state index in [-0.39, 0.29) is 12.3 Å². The van der Waals surface area contributed by atoms with Crippen molar-refractivity contribution >= 4 is 18.0 Å². The SMILES string of the molecule is COC(=O)CC(NC(=O)/C=C/c1ccc(C#N)cc1)c1ccc(-c2ccccn2)cc1. The maximum atomic E-state index is 12.5. The third-order valence-electron chi connectivity index (χ3n) is 4.66. The fraction of sp³-hybridized carbons (Fsp3) is 0.120. The van der Waals surface area contributed by atoms with Gasteiger partial charge in [0.15, 0.2) is 0 Å². The first-order chi connectivity index (χ1) is 15.1. The zero-order chi connectivity index (χ0) is 22.1. The number of rotatable bonds is 7. The molecular weight excluding hydrogens is 390 g/mol. The number of methoxy groups -OCH3 is 1. The number of nitriles is 1. The summed E-state index contributed by atoms with van der Waals surface area (Å²) in [5.74, 6) is -0.762. The lowest BCUT2D eigenvalue weighted by molar-refractivity contribution is -0.141. The van der Waals surface area contributed by atoms with E-state index >= 15 is 0 Å². The molecule has 0 aliphatic carbocycles. The molecular formula is C25H21N3O3. The highest BCUT2D eigenvalue weighted by Gasteiger charge is 2.18. The lowest BCUT2D eigenvalue weighted by Gasteiger charge is -2.17. The average molecular weight is 411 g/mol. The van der Waals surface area contributed by atoms with Crippen LogP contribution in [0.25, 0.3) is 17.3 Å². The van der Waals surface area contributed by atoms with E-state index in [1.54, 1.807) is 36.5 Å². The van der Waals surface area contributed by atoms with Crippen LogP contribution >= 0.6 is 0 Å². The first-order valence-electron chi connectivity index (χ1n) is 9.66. The molecule has 1 atom stereocenters. The lowest BCUT2D eigenvalue weighted by atomic mass is 10.0. The van der Waals surface area contributed by atoms with Gasteiger partial charge in [0.2, 0.25) is 5.91 Å². The van der Waals surface area contributed by atoms with E-state index in [1.807, 2.05) is 42.5 Å². The van der Waals surface area contributed by atoms with Gasteiger partial charge in [0.25, 0.3) is 0 Å². The Morgan fingerprint density at radius 1 is 1.10 bits per heavy atom. The molecule has 1 heterocycles. The van der Waals surface area contributed by atoms with Crippen molar-refractivity contribution in [2.75, 3.05) is 7.11 Å². The summed E-state index contributed by atoms with van der Waals surface area (Å²) in [6, 6.07) is 21.6. The van der Waals surface area contributed by atoms with Gasteiger partial charge in [-0.05, 0) is 41.5 Å². The molecule has 31 heavy (non-hydrogen) atoms. The van der Waals surface area contributed by atoms with E-state index in [0.29, 0.717) is 5.56 Å². The van der Waals surface area contributed by atoms with Crippen LogP contribution in [0.4, 0.5) is 0 Å². The number of ether oxygens (including phenoxy) is 1. The largest absolute Gasteiger partial charge is 0.469 e. The number of hydrogen-bond donors (Lipinski definition) is 1. The van der Waals surface area contributed by atoms with Crippen molar-refractivity contribution in [1.29, 1.82) is 5.26 Å². The van der Waals surface area contributed by atoms with Gasteiger partial charge >= 0.3 is 5.97 Å². The highest BCUT2D eigenvalue weighted by Crippen LogP contribution is 2.22. The molecule has 0 aliphatic rings. The monoisotopic (exact) mass is 411 g/mol. The Balaban J connectivity index is 1.74. The summed E-state index contributed by atoms with van der Waals surface area (Å²) >= 11 is 0. The van der Waals surface area contributed by atoms with Gasteiger partial charge in [0.05, 0.1) is 36.9 Å². The smallest absolute Gasteiger partial charge is 0.307 e. The summed E-state index contributed by atoms with van der Waals surface area (Å²) in [6.45, 7) is 0.